The molecule has 2 aliphatic carbocycles. The summed E-state index contributed by atoms with van der Waals surface area (Å²) in [6, 6.07) is 0. The molecule has 3 unspecified atom stereocenters. The highest BCUT2D eigenvalue weighted by atomic mass is 16.3. The van der Waals surface area contributed by atoms with Crippen LogP contribution in [0.5, 0.6) is 0 Å². The summed E-state index contributed by atoms with van der Waals surface area (Å²) < 4.78 is 0. The number of carbonyl (C=O) groups excluding carboxylic acids is 1. The zero-order valence-electron chi connectivity index (χ0n) is 10.3. The Labute approximate surface area is 97.6 Å². The SMILES string of the molecule is CC(C)C(O)CNC(=O)C1C2CCCCC21. The van der Waals surface area contributed by atoms with Gasteiger partial charge in [0.25, 0.3) is 0 Å². The van der Waals surface area contributed by atoms with E-state index in [-0.39, 0.29) is 17.7 Å². The van der Waals surface area contributed by atoms with E-state index in [9.17, 15) is 9.90 Å². The summed E-state index contributed by atoms with van der Waals surface area (Å²) in [6.07, 6.45) is 4.63. The van der Waals surface area contributed by atoms with Gasteiger partial charge in [-0.1, -0.05) is 26.7 Å². The second-order valence-corrected chi connectivity index (χ2v) is 5.69. The van der Waals surface area contributed by atoms with Crippen molar-refractivity contribution in [2.24, 2.45) is 23.7 Å². The van der Waals surface area contributed by atoms with E-state index in [1.54, 1.807) is 0 Å². The standard InChI is InChI=1S/C13H23NO2/c1-8(2)11(15)7-14-13(16)12-9-5-3-4-6-10(9)12/h8-12,15H,3-7H2,1-2H3,(H,14,16). The smallest absolute Gasteiger partial charge is 0.223 e. The molecule has 3 atom stereocenters. The first-order valence-electron chi connectivity index (χ1n) is 6.57. The van der Waals surface area contributed by atoms with E-state index in [1.165, 1.54) is 25.7 Å². The highest BCUT2D eigenvalue weighted by Gasteiger charge is 2.54. The van der Waals surface area contributed by atoms with Crippen LogP contribution in [0.3, 0.4) is 0 Å². The molecule has 3 nitrogen and oxygen atoms in total. The molecule has 0 bridgehead atoms. The van der Waals surface area contributed by atoms with Gasteiger partial charge in [-0.05, 0) is 30.6 Å². The van der Waals surface area contributed by atoms with Gasteiger partial charge >= 0.3 is 0 Å². The Bertz CT molecular complexity index is 253. The van der Waals surface area contributed by atoms with E-state index >= 15 is 0 Å². The molecule has 0 radical (unpaired) electrons. The quantitative estimate of drug-likeness (QED) is 0.762. The lowest BCUT2D eigenvalue weighted by Gasteiger charge is -2.15. The largest absolute Gasteiger partial charge is 0.391 e. The normalized spacial score (nSPS) is 34.4. The predicted molar refractivity (Wildman–Crippen MR) is 62.8 cm³/mol. The molecule has 2 fully saturated rings. The van der Waals surface area contributed by atoms with Crippen molar-refractivity contribution in [3.8, 4) is 0 Å². The molecule has 2 N–H and O–H groups in total. The Balaban J connectivity index is 1.73. The minimum Gasteiger partial charge on any atom is -0.391 e. The van der Waals surface area contributed by atoms with E-state index in [0.717, 1.165) is 0 Å². The van der Waals surface area contributed by atoms with Crippen molar-refractivity contribution in [1.29, 1.82) is 0 Å². The Morgan fingerprint density at radius 1 is 1.31 bits per heavy atom. The van der Waals surface area contributed by atoms with Crippen LogP contribution in [0.4, 0.5) is 0 Å². The van der Waals surface area contributed by atoms with E-state index in [0.29, 0.717) is 18.4 Å². The van der Waals surface area contributed by atoms with Crippen molar-refractivity contribution < 1.29 is 9.90 Å². The van der Waals surface area contributed by atoms with Crippen LogP contribution in [-0.4, -0.2) is 23.7 Å². The van der Waals surface area contributed by atoms with Crippen molar-refractivity contribution in [1.82, 2.24) is 5.32 Å². The average Bonchev–Trinajstić information content (AvgIpc) is 2.99. The van der Waals surface area contributed by atoms with Crippen LogP contribution in [-0.2, 0) is 4.79 Å². The molecule has 2 rings (SSSR count). The van der Waals surface area contributed by atoms with Crippen molar-refractivity contribution >= 4 is 5.91 Å². The van der Waals surface area contributed by atoms with Crippen LogP contribution in [0.1, 0.15) is 39.5 Å². The lowest BCUT2D eigenvalue weighted by Crippen LogP contribution is -2.36. The lowest BCUT2D eigenvalue weighted by molar-refractivity contribution is -0.123. The topological polar surface area (TPSA) is 49.3 Å². The molecule has 0 saturated heterocycles. The molecule has 16 heavy (non-hydrogen) atoms. The molecule has 0 aromatic heterocycles. The van der Waals surface area contributed by atoms with E-state index in [1.807, 2.05) is 13.8 Å². The summed E-state index contributed by atoms with van der Waals surface area (Å²) in [7, 11) is 0. The molecule has 2 aliphatic rings. The molecular formula is C13H23NO2. The third kappa shape index (κ3) is 2.40. The number of hydrogen-bond donors (Lipinski definition) is 2. The van der Waals surface area contributed by atoms with Gasteiger partial charge in [-0.15, -0.1) is 0 Å². The lowest BCUT2D eigenvalue weighted by atomic mass is 10.0. The molecule has 1 amide bonds. The summed E-state index contributed by atoms with van der Waals surface area (Å²) >= 11 is 0. The van der Waals surface area contributed by atoms with Crippen molar-refractivity contribution in [3.63, 3.8) is 0 Å². The number of aliphatic hydroxyl groups is 1. The summed E-state index contributed by atoms with van der Waals surface area (Å²) in [6.45, 7) is 4.34. The Morgan fingerprint density at radius 3 is 2.38 bits per heavy atom. The van der Waals surface area contributed by atoms with Gasteiger partial charge in [0.15, 0.2) is 0 Å². The number of hydrogen-bond acceptors (Lipinski definition) is 2. The van der Waals surface area contributed by atoms with Crippen LogP contribution in [0.2, 0.25) is 0 Å². The molecule has 92 valence electrons. The Kier molecular flexibility index (Phi) is 3.53. The van der Waals surface area contributed by atoms with Gasteiger partial charge in [0.05, 0.1) is 6.10 Å². The van der Waals surface area contributed by atoms with Crippen LogP contribution in [0, 0.1) is 23.7 Å². The number of rotatable bonds is 4. The summed E-state index contributed by atoms with van der Waals surface area (Å²) in [5, 5.41) is 12.5. The first-order chi connectivity index (χ1) is 7.61. The summed E-state index contributed by atoms with van der Waals surface area (Å²) in [5.41, 5.74) is 0. The third-order valence-electron chi connectivity index (χ3n) is 4.21. The second kappa shape index (κ2) is 4.74. The molecule has 3 heteroatoms. The van der Waals surface area contributed by atoms with Gasteiger partial charge in [-0.2, -0.15) is 0 Å². The predicted octanol–water partition coefficient (Wildman–Crippen LogP) is 1.56. The van der Waals surface area contributed by atoms with Crippen molar-refractivity contribution in [3.05, 3.63) is 0 Å². The van der Waals surface area contributed by atoms with E-state index in [4.69, 9.17) is 0 Å². The van der Waals surface area contributed by atoms with Crippen molar-refractivity contribution in [2.45, 2.75) is 45.6 Å². The van der Waals surface area contributed by atoms with Crippen LogP contribution in [0.15, 0.2) is 0 Å². The van der Waals surface area contributed by atoms with Crippen molar-refractivity contribution in [2.75, 3.05) is 6.54 Å². The van der Waals surface area contributed by atoms with Crippen LogP contribution < -0.4 is 5.32 Å². The third-order valence-corrected chi connectivity index (χ3v) is 4.21. The van der Waals surface area contributed by atoms with Gasteiger partial charge in [-0.3, -0.25) is 4.79 Å². The summed E-state index contributed by atoms with van der Waals surface area (Å²) in [5.74, 6) is 1.97. The Morgan fingerprint density at radius 2 is 1.88 bits per heavy atom. The minimum absolute atomic E-state index is 0.177. The number of nitrogens with one attached hydrogen (secondary N) is 1. The maximum Gasteiger partial charge on any atom is 0.223 e. The molecule has 0 spiro atoms. The second-order valence-electron chi connectivity index (χ2n) is 5.69. The summed E-state index contributed by atoms with van der Waals surface area (Å²) in [4.78, 5) is 11.9. The van der Waals surface area contributed by atoms with Gasteiger partial charge in [0.2, 0.25) is 5.91 Å². The number of carbonyl (C=O) groups is 1. The number of amides is 1. The van der Waals surface area contributed by atoms with Crippen LogP contribution >= 0.6 is 0 Å². The number of fused-ring (bicyclic) bond motifs is 1. The highest BCUT2D eigenvalue weighted by molar-refractivity contribution is 5.82. The molecule has 0 aromatic rings. The fourth-order valence-electron chi connectivity index (χ4n) is 2.94. The molecular weight excluding hydrogens is 202 g/mol. The average molecular weight is 225 g/mol. The first-order valence-corrected chi connectivity index (χ1v) is 6.57. The monoisotopic (exact) mass is 225 g/mol. The maximum absolute atomic E-state index is 11.9. The fourth-order valence-corrected chi connectivity index (χ4v) is 2.94. The zero-order valence-corrected chi connectivity index (χ0v) is 10.3. The van der Waals surface area contributed by atoms with Gasteiger partial charge in [-0.25, -0.2) is 0 Å². The first kappa shape index (κ1) is 11.9. The molecule has 2 saturated carbocycles. The van der Waals surface area contributed by atoms with E-state index in [2.05, 4.69) is 5.32 Å². The highest BCUT2D eigenvalue weighted by Crippen LogP contribution is 2.55. The molecule has 0 aliphatic heterocycles. The fraction of sp³-hybridized carbons (Fsp3) is 0.923. The zero-order chi connectivity index (χ0) is 11.7. The van der Waals surface area contributed by atoms with Gasteiger partial charge in [0, 0.05) is 12.5 Å². The molecule has 0 aromatic carbocycles. The minimum atomic E-state index is -0.412. The Hall–Kier alpha value is -0.570. The number of aliphatic hydroxyl groups excluding tert-OH is 1. The van der Waals surface area contributed by atoms with Gasteiger partial charge in [0.1, 0.15) is 0 Å². The van der Waals surface area contributed by atoms with Crippen LogP contribution in [0.25, 0.3) is 0 Å². The van der Waals surface area contributed by atoms with Gasteiger partial charge < -0.3 is 10.4 Å². The van der Waals surface area contributed by atoms with E-state index < -0.39 is 6.10 Å². The maximum atomic E-state index is 11.9. The molecule has 0 heterocycles.